The Morgan fingerprint density at radius 3 is 2.21 bits per heavy atom. The number of hydrogen-bond acceptors (Lipinski definition) is 3. The molecule has 0 N–H and O–H groups in total. The van der Waals surface area contributed by atoms with Gasteiger partial charge < -0.3 is 4.90 Å². The summed E-state index contributed by atoms with van der Waals surface area (Å²) in [5.41, 5.74) is 2.23. The zero-order chi connectivity index (χ0) is 16.9. The Kier molecular flexibility index (Phi) is 3.94. The van der Waals surface area contributed by atoms with Crippen molar-refractivity contribution in [2.75, 3.05) is 5.75 Å². The Hall–Kier alpha value is -1.36. The number of hydrogen-bond donors (Lipinski definition) is 0. The van der Waals surface area contributed by atoms with E-state index in [9.17, 15) is 13.2 Å². The zero-order valence-corrected chi connectivity index (χ0v) is 15.0. The van der Waals surface area contributed by atoms with Gasteiger partial charge in [-0.3, -0.25) is 4.79 Å². The summed E-state index contributed by atoms with van der Waals surface area (Å²) in [6.07, 6.45) is 5.49. The van der Waals surface area contributed by atoms with Crippen LogP contribution >= 0.6 is 0 Å². The van der Waals surface area contributed by atoms with Gasteiger partial charge in [-0.25, -0.2) is 8.42 Å². The number of amides is 1. The summed E-state index contributed by atoms with van der Waals surface area (Å²) >= 11 is 0. The normalized spacial score (nSPS) is 22.2. The van der Waals surface area contributed by atoms with Crippen LogP contribution in [0.5, 0.6) is 0 Å². The maximum Gasteiger partial charge on any atom is 0.238 e. The van der Waals surface area contributed by atoms with Gasteiger partial charge in [0.15, 0.2) is 9.84 Å². The molecule has 130 valence electrons. The summed E-state index contributed by atoms with van der Waals surface area (Å²) < 4.78 is 25.6. The highest BCUT2D eigenvalue weighted by Gasteiger charge is 2.43. The highest BCUT2D eigenvalue weighted by Crippen LogP contribution is 2.40. The van der Waals surface area contributed by atoms with E-state index in [0.717, 1.165) is 24.0 Å². The Labute approximate surface area is 144 Å². The lowest BCUT2D eigenvalue weighted by molar-refractivity contribution is -0.131. The van der Waals surface area contributed by atoms with Gasteiger partial charge in [0, 0.05) is 12.1 Å². The molecule has 3 aliphatic rings. The highest BCUT2D eigenvalue weighted by atomic mass is 32.2. The largest absolute Gasteiger partial charge is 0.336 e. The summed E-state index contributed by atoms with van der Waals surface area (Å²) in [7, 11) is -3.41. The van der Waals surface area contributed by atoms with E-state index in [1.807, 2.05) is 29.2 Å². The third kappa shape index (κ3) is 3.10. The van der Waals surface area contributed by atoms with Gasteiger partial charge in [-0.15, -0.1) is 0 Å². The fraction of sp³-hybridized carbons (Fsp3) is 0.632. The summed E-state index contributed by atoms with van der Waals surface area (Å²) in [6, 6.07) is 8.37. The van der Waals surface area contributed by atoms with Crippen molar-refractivity contribution in [3.05, 3.63) is 35.4 Å². The van der Waals surface area contributed by atoms with E-state index in [1.165, 1.54) is 12.8 Å². The molecule has 1 aromatic rings. The van der Waals surface area contributed by atoms with Gasteiger partial charge in [0.2, 0.25) is 5.91 Å². The molecule has 0 bridgehead atoms. The van der Waals surface area contributed by atoms with Crippen molar-refractivity contribution < 1.29 is 13.2 Å². The molecule has 0 aliphatic heterocycles. The first-order valence-electron chi connectivity index (χ1n) is 9.05. The standard InChI is InChI=1S/C19H25NO3S/c1-13(14-6-7-14)20(17-8-9-17)19(21)12-24(22,23)18-10-15-4-2-3-5-16(15)11-18/h2-5,13-14,17-18H,6-12H2,1H3/t13-/m1/s1. The molecule has 0 aromatic heterocycles. The fourth-order valence-electron chi connectivity index (χ4n) is 4.06. The Morgan fingerprint density at radius 1 is 1.12 bits per heavy atom. The molecule has 1 atom stereocenters. The van der Waals surface area contributed by atoms with Crippen LogP contribution in [0.2, 0.25) is 0 Å². The quantitative estimate of drug-likeness (QED) is 0.794. The van der Waals surface area contributed by atoms with Gasteiger partial charge in [0.1, 0.15) is 5.75 Å². The van der Waals surface area contributed by atoms with Crippen molar-refractivity contribution in [2.45, 2.75) is 62.8 Å². The van der Waals surface area contributed by atoms with Crippen LogP contribution in [-0.2, 0) is 27.5 Å². The van der Waals surface area contributed by atoms with Crippen LogP contribution in [0.4, 0.5) is 0 Å². The number of sulfone groups is 1. The molecule has 4 rings (SSSR count). The minimum absolute atomic E-state index is 0.173. The van der Waals surface area contributed by atoms with Gasteiger partial charge in [0.25, 0.3) is 0 Å². The Morgan fingerprint density at radius 2 is 1.71 bits per heavy atom. The zero-order valence-electron chi connectivity index (χ0n) is 14.1. The average molecular weight is 347 g/mol. The summed E-state index contributed by atoms with van der Waals surface area (Å²) in [6.45, 7) is 2.09. The molecular weight excluding hydrogens is 322 g/mol. The third-order valence-electron chi connectivity index (χ3n) is 5.82. The lowest BCUT2D eigenvalue weighted by Gasteiger charge is -2.30. The van der Waals surface area contributed by atoms with E-state index in [0.29, 0.717) is 18.8 Å². The molecule has 3 aliphatic carbocycles. The van der Waals surface area contributed by atoms with Crippen LogP contribution in [0.1, 0.15) is 43.7 Å². The molecule has 0 saturated heterocycles. The molecule has 1 aromatic carbocycles. The van der Waals surface area contributed by atoms with Gasteiger partial charge in [-0.05, 0) is 62.5 Å². The van der Waals surface area contributed by atoms with Crippen molar-refractivity contribution in [3.63, 3.8) is 0 Å². The second-order valence-electron chi connectivity index (χ2n) is 7.72. The van der Waals surface area contributed by atoms with Gasteiger partial charge in [0.05, 0.1) is 5.25 Å². The summed E-state index contributed by atoms with van der Waals surface area (Å²) in [5, 5.41) is -0.434. The lowest BCUT2D eigenvalue weighted by atomic mass is 10.1. The van der Waals surface area contributed by atoms with Crippen LogP contribution in [0.15, 0.2) is 24.3 Å². The van der Waals surface area contributed by atoms with Crippen molar-refractivity contribution in [1.29, 1.82) is 0 Å². The van der Waals surface area contributed by atoms with Crippen LogP contribution in [-0.4, -0.2) is 42.3 Å². The first kappa shape index (κ1) is 16.1. The number of carbonyl (C=O) groups excluding carboxylic acids is 1. The predicted molar refractivity (Wildman–Crippen MR) is 93.5 cm³/mol. The second-order valence-corrected chi connectivity index (χ2v) is 10.00. The molecule has 2 saturated carbocycles. The Bertz CT molecular complexity index is 725. The van der Waals surface area contributed by atoms with E-state index < -0.39 is 15.1 Å². The molecule has 5 heteroatoms. The minimum Gasteiger partial charge on any atom is -0.336 e. The Balaban J connectivity index is 1.46. The van der Waals surface area contributed by atoms with Crippen molar-refractivity contribution in [3.8, 4) is 0 Å². The molecule has 0 unspecified atom stereocenters. The molecule has 1 amide bonds. The maximum absolute atomic E-state index is 12.8. The van der Waals surface area contributed by atoms with Crippen molar-refractivity contribution >= 4 is 15.7 Å². The monoisotopic (exact) mass is 347 g/mol. The first-order valence-corrected chi connectivity index (χ1v) is 10.8. The van der Waals surface area contributed by atoms with Crippen molar-refractivity contribution in [2.24, 2.45) is 5.92 Å². The topological polar surface area (TPSA) is 54.5 Å². The number of fused-ring (bicyclic) bond motifs is 1. The molecule has 2 fully saturated rings. The number of rotatable bonds is 6. The van der Waals surface area contributed by atoms with E-state index in [1.54, 1.807) is 0 Å². The number of nitrogens with zero attached hydrogens (tertiary/aromatic N) is 1. The summed E-state index contributed by atoms with van der Waals surface area (Å²) in [5.74, 6) is 0.0833. The van der Waals surface area contributed by atoms with Crippen LogP contribution in [0, 0.1) is 5.92 Å². The van der Waals surface area contributed by atoms with Crippen LogP contribution < -0.4 is 0 Å². The smallest absolute Gasteiger partial charge is 0.238 e. The van der Waals surface area contributed by atoms with Gasteiger partial charge >= 0.3 is 0 Å². The van der Waals surface area contributed by atoms with Crippen LogP contribution in [0.25, 0.3) is 0 Å². The van der Waals surface area contributed by atoms with E-state index >= 15 is 0 Å². The average Bonchev–Trinajstić information content (AvgIpc) is 3.44. The van der Waals surface area contributed by atoms with Crippen LogP contribution in [0.3, 0.4) is 0 Å². The fourth-order valence-corrected chi connectivity index (χ4v) is 5.65. The van der Waals surface area contributed by atoms with E-state index in [4.69, 9.17) is 0 Å². The molecule has 4 nitrogen and oxygen atoms in total. The predicted octanol–water partition coefficient (Wildman–Crippen LogP) is 2.36. The first-order chi connectivity index (χ1) is 11.5. The highest BCUT2D eigenvalue weighted by molar-refractivity contribution is 7.92. The van der Waals surface area contributed by atoms with Gasteiger partial charge in [-0.1, -0.05) is 24.3 Å². The maximum atomic E-state index is 12.8. The third-order valence-corrected chi connectivity index (χ3v) is 7.82. The second kappa shape index (κ2) is 5.87. The molecular formula is C19H25NO3S. The molecule has 0 spiro atoms. The molecule has 24 heavy (non-hydrogen) atoms. The molecule has 0 radical (unpaired) electrons. The van der Waals surface area contributed by atoms with E-state index in [-0.39, 0.29) is 23.7 Å². The van der Waals surface area contributed by atoms with Gasteiger partial charge in [-0.2, -0.15) is 0 Å². The lowest BCUT2D eigenvalue weighted by Crippen LogP contribution is -2.45. The number of benzene rings is 1. The summed E-state index contributed by atoms with van der Waals surface area (Å²) in [4.78, 5) is 14.7. The van der Waals surface area contributed by atoms with Crippen molar-refractivity contribution in [1.82, 2.24) is 4.90 Å². The minimum atomic E-state index is -3.41. The number of carbonyl (C=O) groups is 1. The molecule has 0 heterocycles. The van der Waals surface area contributed by atoms with E-state index in [2.05, 4.69) is 6.92 Å². The SMILES string of the molecule is C[C@H](C1CC1)N(C(=O)CS(=O)(=O)C1Cc2ccccc2C1)C1CC1.